The van der Waals surface area contributed by atoms with Crippen molar-refractivity contribution in [3.8, 4) is 5.75 Å². The van der Waals surface area contributed by atoms with Gasteiger partial charge in [0.15, 0.2) is 0 Å². The molecule has 1 heterocycles. The van der Waals surface area contributed by atoms with Gasteiger partial charge >= 0.3 is 6.36 Å². The summed E-state index contributed by atoms with van der Waals surface area (Å²) in [7, 11) is 0. The monoisotopic (exact) mass is 355 g/mol. The van der Waals surface area contributed by atoms with E-state index in [1.165, 1.54) is 12.1 Å². The maximum absolute atomic E-state index is 12.1. The molecule has 0 atom stereocenters. The minimum atomic E-state index is -4.75. The summed E-state index contributed by atoms with van der Waals surface area (Å²) in [6.45, 7) is 0. The largest absolute Gasteiger partial charge is 0.573 e. The van der Waals surface area contributed by atoms with Gasteiger partial charge in [0.1, 0.15) is 5.75 Å². The SMILES string of the molecule is O=c1[nH]c(Nc2ccc(OC(F)(F)F)cc2)nc2c(Cl)cccc12. The van der Waals surface area contributed by atoms with Gasteiger partial charge in [-0.1, -0.05) is 17.7 Å². The molecule has 124 valence electrons. The molecule has 3 aromatic rings. The number of hydrogen-bond acceptors (Lipinski definition) is 4. The van der Waals surface area contributed by atoms with E-state index in [2.05, 4.69) is 20.0 Å². The first kappa shape index (κ1) is 16.1. The molecule has 0 aliphatic carbocycles. The molecule has 24 heavy (non-hydrogen) atoms. The highest BCUT2D eigenvalue weighted by molar-refractivity contribution is 6.35. The van der Waals surface area contributed by atoms with E-state index >= 15 is 0 Å². The molecule has 0 saturated heterocycles. The molecular weight excluding hydrogens is 347 g/mol. The smallest absolute Gasteiger partial charge is 0.406 e. The number of alkyl halides is 3. The second-order valence-corrected chi connectivity index (χ2v) is 5.15. The molecule has 0 bridgehead atoms. The van der Waals surface area contributed by atoms with E-state index in [1.807, 2.05) is 0 Å². The molecule has 3 rings (SSSR count). The van der Waals surface area contributed by atoms with Crippen molar-refractivity contribution in [2.45, 2.75) is 6.36 Å². The van der Waals surface area contributed by atoms with Crippen LogP contribution in [0.4, 0.5) is 24.8 Å². The van der Waals surface area contributed by atoms with Crippen LogP contribution in [0.15, 0.2) is 47.3 Å². The highest BCUT2D eigenvalue weighted by Gasteiger charge is 2.30. The number of rotatable bonds is 3. The summed E-state index contributed by atoms with van der Waals surface area (Å²) < 4.78 is 40.1. The predicted octanol–water partition coefficient (Wildman–Crippen LogP) is 4.22. The minimum Gasteiger partial charge on any atom is -0.406 e. The number of H-pyrrole nitrogens is 1. The fraction of sp³-hybridized carbons (Fsp3) is 0.0667. The summed E-state index contributed by atoms with van der Waals surface area (Å²) in [4.78, 5) is 18.7. The van der Waals surface area contributed by atoms with Gasteiger partial charge in [-0.2, -0.15) is 0 Å². The number of benzene rings is 2. The van der Waals surface area contributed by atoms with E-state index in [-0.39, 0.29) is 17.3 Å². The van der Waals surface area contributed by atoms with E-state index in [0.717, 1.165) is 12.1 Å². The van der Waals surface area contributed by atoms with Gasteiger partial charge in [-0.3, -0.25) is 9.78 Å². The van der Waals surface area contributed by atoms with E-state index in [9.17, 15) is 18.0 Å². The van der Waals surface area contributed by atoms with Crippen LogP contribution in [0.1, 0.15) is 0 Å². The third kappa shape index (κ3) is 3.60. The second kappa shape index (κ2) is 6.04. The molecule has 5 nitrogen and oxygen atoms in total. The molecule has 0 saturated carbocycles. The molecule has 0 radical (unpaired) electrons. The van der Waals surface area contributed by atoms with Crippen molar-refractivity contribution in [3.05, 3.63) is 57.8 Å². The third-order valence-electron chi connectivity index (χ3n) is 3.04. The molecular formula is C15H9ClF3N3O2. The fourth-order valence-corrected chi connectivity index (χ4v) is 2.28. The first-order valence-electron chi connectivity index (χ1n) is 6.63. The van der Waals surface area contributed by atoms with E-state index in [4.69, 9.17) is 11.6 Å². The van der Waals surface area contributed by atoms with Gasteiger partial charge in [0, 0.05) is 5.69 Å². The number of nitrogens with zero attached hydrogens (tertiary/aromatic N) is 1. The standard InChI is InChI=1S/C15H9ClF3N3O2/c16-11-3-1-2-10-12(11)21-14(22-13(10)23)20-8-4-6-9(7-5-8)24-15(17,18)19/h1-7H,(H2,20,21,22,23). The van der Waals surface area contributed by atoms with Crippen molar-refractivity contribution < 1.29 is 17.9 Å². The van der Waals surface area contributed by atoms with Crippen molar-refractivity contribution in [3.63, 3.8) is 0 Å². The Morgan fingerprint density at radius 1 is 1.12 bits per heavy atom. The van der Waals surface area contributed by atoms with Crippen LogP contribution in [0.3, 0.4) is 0 Å². The Kier molecular flexibility index (Phi) is 4.06. The Morgan fingerprint density at radius 3 is 2.50 bits per heavy atom. The molecule has 0 aliphatic heterocycles. The normalized spacial score (nSPS) is 11.5. The van der Waals surface area contributed by atoms with Crippen LogP contribution in [-0.2, 0) is 0 Å². The van der Waals surface area contributed by atoms with Crippen LogP contribution >= 0.6 is 11.6 Å². The van der Waals surface area contributed by atoms with Crippen LogP contribution < -0.4 is 15.6 Å². The van der Waals surface area contributed by atoms with Gasteiger partial charge < -0.3 is 10.1 Å². The number of nitrogens with one attached hydrogen (secondary N) is 2. The average Bonchev–Trinajstić information content (AvgIpc) is 2.49. The van der Waals surface area contributed by atoms with Gasteiger partial charge in [0.05, 0.1) is 15.9 Å². The van der Waals surface area contributed by atoms with Crippen LogP contribution in [-0.4, -0.2) is 16.3 Å². The number of anilines is 2. The molecule has 0 fully saturated rings. The second-order valence-electron chi connectivity index (χ2n) is 4.75. The van der Waals surface area contributed by atoms with Crippen LogP contribution in [0.25, 0.3) is 10.9 Å². The molecule has 2 N–H and O–H groups in total. The lowest BCUT2D eigenvalue weighted by molar-refractivity contribution is -0.274. The van der Waals surface area contributed by atoms with E-state index in [0.29, 0.717) is 21.6 Å². The van der Waals surface area contributed by atoms with Gasteiger partial charge in [-0.25, -0.2) is 4.98 Å². The summed E-state index contributed by atoms with van der Waals surface area (Å²) in [5.74, 6) is -0.235. The third-order valence-corrected chi connectivity index (χ3v) is 3.34. The predicted molar refractivity (Wildman–Crippen MR) is 83.8 cm³/mol. The van der Waals surface area contributed by atoms with Crippen molar-refractivity contribution in [1.82, 2.24) is 9.97 Å². The summed E-state index contributed by atoms with van der Waals surface area (Å²) in [5.41, 5.74) is 0.351. The number of ether oxygens (including phenoxy) is 1. The van der Waals surface area contributed by atoms with Gasteiger partial charge in [-0.05, 0) is 36.4 Å². The lowest BCUT2D eigenvalue weighted by atomic mass is 10.2. The van der Waals surface area contributed by atoms with Crippen LogP contribution in [0, 0.1) is 0 Å². The zero-order valence-electron chi connectivity index (χ0n) is 11.8. The fourth-order valence-electron chi connectivity index (χ4n) is 2.06. The van der Waals surface area contributed by atoms with Crippen LogP contribution in [0.2, 0.25) is 5.02 Å². The number of fused-ring (bicyclic) bond motifs is 1. The number of halogens is 4. The first-order chi connectivity index (χ1) is 11.3. The number of aromatic nitrogens is 2. The topological polar surface area (TPSA) is 67.0 Å². The van der Waals surface area contributed by atoms with Crippen molar-refractivity contribution in [1.29, 1.82) is 0 Å². The number of aromatic amines is 1. The minimum absolute atomic E-state index is 0.116. The number of para-hydroxylation sites is 1. The average molecular weight is 356 g/mol. The van der Waals surface area contributed by atoms with Gasteiger partial charge in [0.25, 0.3) is 5.56 Å². The zero-order valence-corrected chi connectivity index (χ0v) is 12.6. The highest BCUT2D eigenvalue weighted by Crippen LogP contribution is 2.25. The van der Waals surface area contributed by atoms with Crippen molar-refractivity contribution in [2.75, 3.05) is 5.32 Å². The summed E-state index contributed by atoms with van der Waals surface area (Å²) in [6, 6.07) is 9.82. The van der Waals surface area contributed by atoms with Gasteiger partial charge in [-0.15, -0.1) is 13.2 Å². The summed E-state index contributed by atoms with van der Waals surface area (Å²) >= 11 is 6.02. The maximum Gasteiger partial charge on any atom is 0.573 e. The Morgan fingerprint density at radius 2 is 1.83 bits per heavy atom. The molecule has 2 aromatic carbocycles. The highest BCUT2D eigenvalue weighted by atomic mass is 35.5. The molecule has 0 unspecified atom stereocenters. The maximum atomic E-state index is 12.1. The van der Waals surface area contributed by atoms with Crippen molar-refractivity contribution >= 4 is 34.1 Å². The Hall–Kier alpha value is -2.74. The van der Waals surface area contributed by atoms with Crippen molar-refractivity contribution in [2.24, 2.45) is 0 Å². The summed E-state index contributed by atoms with van der Waals surface area (Å²) in [6.07, 6.45) is -4.75. The van der Waals surface area contributed by atoms with Gasteiger partial charge in [0.2, 0.25) is 5.95 Å². The molecule has 9 heteroatoms. The Labute approximate surface area is 138 Å². The lowest BCUT2D eigenvalue weighted by Crippen LogP contribution is -2.17. The Bertz CT molecular complexity index is 939. The molecule has 0 aliphatic rings. The zero-order chi connectivity index (χ0) is 17.3. The van der Waals surface area contributed by atoms with Crippen LogP contribution in [0.5, 0.6) is 5.75 Å². The quantitative estimate of drug-likeness (QED) is 0.738. The lowest BCUT2D eigenvalue weighted by Gasteiger charge is -2.10. The first-order valence-corrected chi connectivity index (χ1v) is 7.01. The summed E-state index contributed by atoms with van der Waals surface area (Å²) in [5, 5.41) is 3.44. The molecule has 0 amide bonds. The molecule has 0 spiro atoms. The Balaban J connectivity index is 1.87. The molecule has 1 aromatic heterocycles. The van der Waals surface area contributed by atoms with E-state index < -0.39 is 6.36 Å². The van der Waals surface area contributed by atoms with E-state index in [1.54, 1.807) is 18.2 Å². The number of hydrogen-bond donors (Lipinski definition) is 2.